The van der Waals surface area contributed by atoms with Crippen molar-refractivity contribution < 1.29 is 9.90 Å². The number of aromatic carboxylic acids is 1. The molecule has 0 spiro atoms. The van der Waals surface area contributed by atoms with Gasteiger partial charge < -0.3 is 9.67 Å². The molecule has 0 atom stereocenters. The number of para-hydroxylation sites is 1. The fraction of sp³-hybridized carbons (Fsp3) is 0.0833. The van der Waals surface area contributed by atoms with E-state index < -0.39 is 5.97 Å². The molecule has 0 aliphatic rings. The van der Waals surface area contributed by atoms with E-state index >= 15 is 0 Å². The average Bonchev–Trinajstić information content (AvgIpc) is 2.64. The Kier molecular flexibility index (Phi) is 1.89. The Morgan fingerprint density at radius 1 is 1.29 bits per heavy atom. The first-order valence-corrected chi connectivity index (χ1v) is 5.12. The Balaban J connectivity index is 2.50. The van der Waals surface area contributed by atoms with Gasteiger partial charge in [-0.1, -0.05) is 18.2 Å². The van der Waals surface area contributed by atoms with Gasteiger partial charge >= 0.3 is 5.97 Å². The molecule has 1 aromatic carbocycles. The summed E-state index contributed by atoms with van der Waals surface area (Å²) >= 11 is 0. The number of benzene rings is 1. The van der Waals surface area contributed by atoms with Gasteiger partial charge in [0.1, 0.15) is 5.52 Å². The summed E-state index contributed by atoms with van der Waals surface area (Å²) < 4.78 is 1.95. The van der Waals surface area contributed by atoms with Crippen molar-refractivity contribution in [3.8, 4) is 0 Å². The number of carbonyl (C=O) groups is 1. The van der Waals surface area contributed by atoms with E-state index in [1.807, 2.05) is 35.9 Å². The molecule has 3 aromatic rings. The Hall–Kier alpha value is -2.43. The zero-order valence-electron chi connectivity index (χ0n) is 9.08. The van der Waals surface area contributed by atoms with Crippen molar-refractivity contribution in [1.29, 1.82) is 0 Å². The number of hydrogen-bond acceptors (Lipinski definition) is 3. The van der Waals surface area contributed by atoms with Crippen LogP contribution in [0.2, 0.25) is 0 Å². The second kappa shape index (κ2) is 3.28. The summed E-state index contributed by atoms with van der Waals surface area (Å²) in [7, 11) is 1.91. The van der Waals surface area contributed by atoms with E-state index in [4.69, 9.17) is 5.11 Å². The van der Waals surface area contributed by atoms with E-state index in [1.54, 1.807) is 6.20 Å². The Morgan fingerprint density at radius 3 is 2.82 bits per heavy atom. The quantitative estimate of drug-likeness (QED) is 0.688. The van der Waals surface area contributed by atoms with E-state index in [2.05, 4.69) is 9.97 Å². The molecule has 0 fully saturated rings. The normalized spacial score (nSPS) is 11.1. The molecule has 0 saturated heterocycles. The van der Waals surface area contributed by atoms with Gasteiger partial charge in [-0.05, 0) is 6.07 Å². The highest BCUT2D eigenvalue weighted by Gasteiger charge is 2.13. The number of aromatic nitrogens is 3. The standard InChI is InChI=1S/C12H9N3O2/c1-15-8-5-3-2-4-7(8)10-9(15)6-13-11(14-10)12(16)17/h2-6H,1H3,(H,16,17). The number of carboxylic acids is 1. The summed E-state index contributed by atoms with van der Waals surface area (Å²) in [6, 6.07) is 7.74. The number of fused-ring (bicyclic) bond motifs is 3. The largest absolute Gasteiger partial charge is 0.475 e. The van der Waals surface area contributed by atoms with Gasteiger partial charge in [0.2, 0.25) is 5.82 Å². The fourth-order valence-corrected chi connectivity index (χ4v) is 2.02. The Morgan fingerprint density at radius 2 is 2.06 bits per heavy atom. The molecule has 0 aliphatic heterocycles. The number of hydrogen-bond donors (Lipinski definition) is 1. The second-order valence-corrected chi connectivity index (χ2v) is 3.81. The van der Waals surface area contributed by atoms with Crippen LogP contribution in [0.3, 0.4) is 0 Å². The number of aryl methyl sites for hydroxylation is 1. The maximum absolute atomic E-state index is 10.9. The molecule has 0 saturated carbocycles. The lowest BCUT2D eigenvalue weighted by Crippen LogP contribution is -2.03. The van der Waals surface area contributed by atoms with Gasteiger partial charge in [0.15, 0.2) is 0 Å². The SMILES string of the molecule is Cn1c2ccccc2c2nc(C(=O)O)ncc21. The lowest BCUT2D eigenvalue weighted by molar-refractivity contribution is 0.0684. The topological polar surface area (TPSA) is 68.0 Å². The first-order valence-electron chi connectivity index (χ1n) is 5.12. The lowest BCUT2D eigenvalue weighted by Gasteiger charge is -1.96. The van der Waals surface area contributed by atoms with E-state index in [0.29, 0.717) is 5.52 Å². The molecule has 17 heavy (non-hydrogen) atoms. The molecule has 5 nitrogen and oxygen atoms in total. The van der Waals surface area contributed by atoms with Crippen LogP contribution in [0.25, 0.3) is 21.9 Å². The van der Waals surface area contributed by atoms with Crippen LogP contribution in [-0.4, -0.2) is 25.6 Å². The van der Waals surface area contributed by atoms with Gasteiger partial charge in [0.25, 0.3) is 0 Å². The summed E-state index contributed by atoms with van der Waals surface area (Å²) in [5.41, 5.74) is 2.52. The summed E-state index contributed by atoms with van der Waals surface area (Å²) in [5, 5.41) is 9.83. The summed E-state index contributed by atoms with van der Waals surface area (Å²) in [4.78, 5) is 18.8. The lowest BCUT2D eigenvalue weighted by atomic mass is 10.2. The van der Waals surface area contributed by atoms with Gasteiger partial charge in [-0.3, -0.25) is 0 Å². The monoisotopic (exact) mass is 227 g/mol. The zero-order valence-corrected chi connectivity index (χ0v) is 9.08. The van der Waals surface area contributed by atoms with Crippen LogP contribution in [-0.2, 0) is 7.05 Å². The van der Waals surface area contributed by atoms with Gasteiger partial charge in [-0.25, -0.2) is 14.8 Å². The van der Waals surface area contributed by atoms with Crippen LogP contribution in [0.15, 0.2) is 30.5 Å². The minimum atomic E-state index is -1.11. The van der Waals surface area contributed by atoms with E-state index in [1.165, 1.54) is 0 Å². The molecule has 0 radical (unpaired) electrons. The maximum Gasteiger partial charge on any atom is 0.373 e. The smallest absolute Gasteiger partial charge is 0.373 e. The first-order chi connectivity index (χ1) is 8.18. The van der Waals surface area contributed by atoms with Gasteiger partial charge in [0.05, 0.1) is 17.2 Å². The van der Waals surface area contributed by atoms with Crippen molar-refractivity contribution >= 4 is 27.9 Å². The third-order valence-corrected chi connectivity index (χ3v) is 2.84. The molecule has 84 valence electrons. The third kappa shape index (κ3) is 1.29. The summed E-state index contributed by atoms with van der Waals surface area (Å²) in [6.07, 6.45) is 1.55. The molecule has 2 aromatic heterocycles. The summed E-state index contributed by atoms with van der Waals surface area (Å²) in [6.45, 7) is 0. The zero-order chi connectivity index (χ0) is 12.0. The van der Waals surface area contributed by atoms with Crippen molar-refractivity contribution in [1.82, 2.24) is 14.5 Å². The van der Waals surface area contributed by atoms with Crippen molar-refractivity contribution in [3.63, 3.8) is 0 Å². The van der Waals surface area contributed by atoms with Crippen LogP contribution in [0.1, 0.15) is 10.6 Å². The Bertz CT molecular complexity index is 746. The molecule has 0 bridgehead atoms. The van der Waals surface area contributed by atoms with E-state index in [-0.39, 0.29) is 5.82 Å². The summed E-state index contributed by atoms with van der Waals surface area (Å²) in [5.74, 6) is -1.28. The predicted octanol–water partition coefficient (Wildman–Crippen LogP) is 1.82. The van der Waals surface area contributed by atoms with Gasteiger partial charge in [0, 0.05) is 12.4 Å². The van der Waals surface area contributed by atoms with Crippen molar-refractivity contribution in [2.75, 3.05) is 0 Å². The van der Waals surface area contributed by atoms with E-state index in [0.717, 1.165) is 16.4 Å². The molecule has 5 heteroatoms. The Labute approximate surface area is 96.3 Å². The van der Waals surface area contributed by atoms with Crippen molar-refractivity contribution in [2.24, 2.45) is 7.05 Å². The minimum Gasteiger partial charge on any atom is -0.475 e. The first kappa shape index (κ1) is 9.77. The molecular formula is C12H9N3O2. The number of carboxylic acid groups (broad SMARTS) is 1. The van der Waals surface area contributed by atoms with Crippen LogP contribution in [0.5, 0.6) is 0 Å². The number of nitrogens with zero attached hydrogens (tertiary/aromatic N) is 3. The molecule has 0 amide bonds. The van der Waals surface area contributed by atoms with Crippen molar-refractivity contribution in [2.45, 2.75) is 0 Å². The molecule has 2 heterocycles. The predicted molar refractivity (Wildman–Crippen MR) is 63.0 cm³/mol. The van der Waals surface area contributed by atoms with Crippen molar-refractivity contribution in [3.05, 3.63) is 36.3 Å². The van der Waals surface area contributed by atoms with Crippen LogP contribution >= 0.6 is 0 Å². The fourth-order valence-electron chi connectivity index (χ4n) is 2.02. The highest BCUT2D eigenvalue weighted by atomic mass is 16.4. The van der Waals surface area contributed by atoms with Gasteiger partial charge in [-0.15, -0.1) is 0 Å². The second-order valence-electron chi connectivity index (χ2n) is 3.81. The van der Waals surface area contributed by atoms with Crippen LogP contribution < -0.4 is 0 Å². The third-order valence-electron chi connectivity index (χ3n) is 2.84. The molecular weight excluding hydrogens is 218 g/mol. The highest BCUT2D eigenvalue weighted by molar-refractivity contribution is 6.06. The van der Waals surface area contributed by atoms with Gasteiger partial charge in [-0.2, -0.15) is 0 Å². The van der Waals surface area contributed by atoms with E-state index in [9.17, 15) is 4.79 Å². The highest BCUT2D eigenvalue weighted by Crippen LogP contribution is 2.25. The van der Waals surface area contributed by atoms with Crippen LogP contribution in [0, 0.1) is 0 Å². The average molecular weight is 227 g/mol. The maximum atomic E-state index is 10.9. The molecule has 1 N–H and O–H groups in total. The molecule has 3 rings (SSSR count). The minimum absolute atomic E-state index is 0.172. The molecule has 0 aliphatic carbocycles. The molecule has 0 unspecified atom stereocenters. The number of rotatable bonds is 1. The van der Waals surface area contributed by atoms with Crippen LogP contribution in [0.4, 0.5) is 0 Å².